The topological polar surface area (TPSA) is 46.5 Å². The van der Waals surface area contributed by atoms with E-state index in [1.807, 2.05) is 49.4 Å². The minimum absolute atomic E-state index is 0.0427. The molecule has 3 rings (SSSR count). The third-order valence-corrected chi connectivity index (χ3v) is 4.35. The van der Waals surface area contributed by atoms with Gasteiger partial charge in [0.2, 0.25) is 0 Å². The van der Waals surface area contributed by atoms with Crippen molar-refractivity contribution in [2.24, 2.45) is 5.10 Å². The van der Waals surface area contributed by atoms with E-state index in [1.54, 1.807) is 12.1 Å². The predicted octanol–water partition coefficient (Wildman–Crippen LogP) is 6.17. The van der Waals surface area contributed by atoms with Gasteiger partial charge in [-0.05, 0) is 55.0 Å². The zero-order valence-corrected chi connectivity index (χ0v) is 16.1. The van der Waals surface area contributed by atoms with E-state index in [-0.39, 0.29) is 17.3 Å². The average Bonchev–Trinajstić information content (AvgIpc) is 2.71. The summed E-state index contributed by atoms with van der Waals surface area (Å²) in [6, 6.07) is 17.6. The van der Waals surface area contributed by atoms with Gasteiger partial charge in [-0.15, -0.1) is 0 Å². The summed E-state index contributed by atoms with van der Waals surface area (Å²) in [7, 11) is 0. The van der Waals surface area contributed by atoms with Gasteiger partial charge in [0.1, 0.15) is 12.4 Å². The first-order valence-electron chi connectivity index (χ1n) is 8.63. The first kappa shape index (κ1) is 20.7. The largest absolute Gasteiger partial charge is 0.487 e. The van der Waals surface area contributed by atoms with Gasteiger partial charge in [-0.25, -0.2) is 0 Å². The Morgan fingerprint density at radius 1 is 1.10 bits per heavy atom. The summed E-state index contributed by atoms with van der Waals surface area (Å²) < 4.78 is 43.6. The number of nitrogens with one attached hydrogen (secondary N) is 1. The Bertz CT molecular complexity index is 990. The van der Waals surface area contributed by atoms with E-state index >= 15 is 0 Å². The highest BCUT2D eigenvalue weighted by molar-refractivity contribution is 6.31. The Morgan fingerprint density at radius 3 is 2.41 bits per heavy atom. The number of nitrogens with zero attached hydrogens (tertiary/aromatic N) is 2. The van der Waals surface area contributed by atoms with Crippen LogP contribution in [0.4, 0.5) is 18.9 Å². The molecule has 0 amide bonds. The van der Waals surface area contributed by atoms with Gasteiger partial charge < -0.3 is 4.74 Å². The number of hydrogen-bond acceptors (Lipinski definition) is 4. The highest BCUT2D eigenvalue weighted by Gasteiger charge is 2.31. The van der Waals surface area contributed by atoms with E-state index in [9.17, 15) is 13.2 Å². The molecule has 1 N–H and O–H groups in total. The molecule has 0 aliphatic heterocycles. The highest BCUT2D eigenvalue weighted by Crippen LogP contribution is 2.31. The maximum atomic E-state index is 12.7. The molecule has 0 saturated carbocycles. The van der Waals surface area contributed by atoms with E-state index in [1.165, 1.54) is 0 Å². The van der Waals surface area contributed by atoms with E-state index < -0.39 is 11.7 Å². The van der Waals surface area contributed by atoms with Crippen molar-refractivity contribution in [2.45, 2.75) is 19.7 Å². The molecule has 29 heavy (non-hydrogen) atoms. The fraction of sp³-hybridized carbons (Fsp3) is 0.143. The molecule has 0 spiro atoms. The number of pyridine rings is 1. The summed E-state index contributed by atoms with van der Waals surface area (Å²) in [5.41, 5.74) is 4.88. The van der Waals surface area contributed by atoms with Gasteiger partial charge in [-0.3, -0.25) is 10.4 Å². The quantitative estimate of drug-likeness (QED) is 0.384. The normalized spacial score (nSPS) is 12.0. The molecular weight excluding hydrogens is 403 g/mol. The minimum Gasteiger partial charge on any atom is -0.487 e. The highest BCUT2D eigenvalue weighted by atomic mass is 35.5. The lowest BCUT2D eigenvalue weighted by Crippen LogP contribution is -2.08. The number of hydrogen-bond donors (Lipinski definition) is 1. The molecule has 3 aromatic rings. The monoisotopic (exact) mass is 419 g/mol. The number of halogens is 4. The number of hydrazone groups is 1. The number of alkyl halides is 3. The van der Waals surface area contributed by atoms with Gasteiger partial charge in [0, 0.05) is 6.20 Å². The zero-order valence-electron chi connectivity index (χ0n) is 15.4. The van der Waals surface area contributed by atoms with Crippen LogP contribution in [0.2, 0.25) is 5.02 Å². The maximum absolute atomic E-state index is 12.7. The number of para-hydroxylation sites is 1. The first-order chi connectivity index (χ1) is 13.8. The molecule has 0 radical (unpaired) electrons. The second-order valence-electron chi connectivity index (χ2n) is 6.14. The van der Waals surface area contributed by atoms with Gasteiger partial charge in [0.05, 0.1) is 27.7 Å². The predicted molar refractivity (Wildman–Crippen MR) is 107 cm³/mol. The van der Waals surface area contributed by atoms with Crippen molar-refractivity contribution < 1.29 is 17.9 Å². The molecule has 0 aliphatic carbocycles. The van der Waals surface area contributed by atoms with Crippen LogP contribution < -0.4 is 10.2 Å². The van der Waals surface area contributed by atoms with Crippen molar-refractivity contribution >= 4 is 23.0 Å². The Morgan fingerprint density at radius 2 is 1.79 bits per heavy atom. The molecule has 8 heteroatoms. The summed E-state index contributed by atoms with van der Waals surface area (Å²) in [6.07, 6.45) is -3.74. The fourth-order valence-electron chi connectivity index (χ4n) is 2.40. The molecule has 0 atom stereocenters. The first-order valence-corrected chi connectivity index (χ1v) is 9.01. The lowest BCUT2D eigenvalue weighted by Gasteiger charge is -2.11. The number of rotatable bonds is 6. The van der Waals surface area contributed by atoms with Crippen LogP contribution in [0, 0.1) is 0 Å². The van der Waals surface area contributed by atoms with Crippen molar-refractivity contribution in [1.29, 1.82) is 0 Å². The molecule has 0 unspecified atom stereocenters. The van der Waals surface area contributed by atoms with Crippen molar-refractivity contribution in [2.75, 3.05) is 5.43 Å². The fourth-order valence-corrected chi connectivity index (χ4v) is 2.62. The van der Waals surface area contributed by atoms with Crippen molar-refractivity contribution in [1.82, 2.24) is 4.98 Å². The SMILES string of the molecule is C/C(=N\Nc1ccccc1)c1ccc(OCc2ncc(C(F)(F)F)cc2Cl)cc1. The van der Waals surface area contributed by atoms with Gasteiger partial charge in [-0.1, -0.05) is 29.8 Å². The third kappa shape index (κ3) is 5.71. The second-order valence-corrected chi connectivity index (χ2v) is 6.55. The van der Waals surface area contributed by atoms with Crippen molar-refractivity contribution in [3.8, 4) is 5.75 Å². The Labute approximate surface area is 171 Å². The summed E-state index contributed by atoms with van der Waals surface area (Å²) in [6.45, 7) is 1.83. The molecule has 150 valence electrons. The Kier molecular flexibility index (Phi) is 6.39. The lowest BCUT2D eigenvalue weighted by atomic mass is 10.1. The van der Waals surface area contributed by atoms with Crippen LogP contribution >= 0.6 is 11.6 Å². The van der Waals surface area contributed by atoms with Gasteiger partial charge in [0.25, 0.3) is 0 Å². The van der Waals surface area contributed by atoms with Gasteiger partial charge in [-0.2, -0.15) is 18.3 Å². The Balaban J connectivity index is 1.61. The molecular formula is C21H17ClF3N3O. The van der Waals surface area contributed by atoms with E-state index in [0.29, 0.717) is 5.75 Å². The third-order valence-electron chi connectivity index (χ3n) is 4.02. The zero-order chi connectivity index (χ0) is 20.9. The average molecular weight is 420 g/mol. The van der Waals surface area contributed by atoms with Gasteiger partial charge >= 0.3 is 6.18 Å². The molecule has 4 nitrogen and oxygen atoms in total. The summed E-state index contributed by atoms with van der Waals surface area (Å²) in [4.78, 5) is 3.75. The summed E-state index contributed by atoms with van der Waals surface area (Å²) in [5.74, 6) is 0.537. The van der Waals surface area contributed by atoms with E-state index in [4.69, 9.17) is 16.3 Å². The van der Waals surface area contributed by atoms with Crippen molar-refractivity contribution in [3.63, 3.8) is 0 Å². The standard InChI is InChI=1S/C21H17ClF3N3O/c1-14(27-28-17-5-3-2-4-6-17)15-7-9-18(10-8-15)29-13-20-19(22)11-16(12-26-20)21(23,24)25/h2-12,28H,13H2,1H3/b27-14+. The molecule has 0 saturated heterocycles. The molecule has 1 aromatic heterocycles. The van der Waals surface area contributed by atoms with Crippen LogP contribution in [0.25, 0.3) is 0 Å². The smallest absolute Gasteiger partial charge is 0.417 e. The minimum atomic E-state index is -4.49. The Hall–Kier alpha value is -3.06. The molecule has 2 aromatic carbocycles. The second kappa shape index (κ2) is 8.96. The molecule has 0 aliphatic rings. The van der Waals surface area contributed by atoms with E-state index in [0.717, 1.165) is 29.2 Å². The summed E-state index contributed by atoms with van der Waals surface area (Å²) in [5, 5.41) is 4.24. The number of aromatic nitrogens is 1. The molecule has 1 heterocycles. The maximum Gasteiger partial charge on any atom is 0.417 e. The van der Waals surface area contributed by atoms with Crippen LogP contribution in [0.1, 0.15) is 23.7 Å². The van der Waals surface area contributed by atoms with Crippen LogP contribution in [0.3, 0.4) is 0 Å². The molecule has 0 bridgehead atoms. The van der Waals surface area contributed by atoms with Crippen LogP contribution in [-0.4, -0.2) is 10.7 Å². The molecule has 0 fully saturated rings. The number of benzene rings is 2. The van der Waals surface area contributed by atoms with Crippen LogP contribution in [0.15, 0.2) is 72.0 Å². The van der Waals surface area contributed by atoms with Crippen molar-refractivity contribution in [3.05, 3.63) is 88.7 Å². The number of ether oxygens (including phenoxy) is 1. The summed E-state index contributed by atoms with van der Waals surface area (Å²) >= 11 is 5.89. The van der Waals surface area contributed by atoms with Crippen LogP contribution in [0.5, 0.6) is 5.75 Å². The van der Waals surface area contributed by atoms with E-state index in [2.05, 4.69) is 15.5 Å². The lowest BCUT2D eigenvalue weighted by molar-refractivity contribution is -0.137. The van der Waals surface area contributed by atoms with Gasteiger partial charge in [0.15, 0.2) is 0 Å². The number of anilines is 1. The van der Waals surface area contributed by atoms with Crippen LogP contribution in [-0.2, 0) is 12.8 Å².